The van der Waals surface area contributed by atoms with E-state index in [9.17, 15) is 4.21 Å². The predicted octanol–water partition coefficient (Wildman–Crippen LogP) is 3.90. The Balaban J connectivity index is 2.36. The number of likely N-dealkylation sites (tertiary alicyclic amines) is 1. The van der Waals surface area contributed by atoms with Crippen LogP contribution in [0.25, 0.3) is 0 Å². The van der Waals surface area contributed by atoms with E-state index in [1.165, 1.54) is 12.0 Å². The summed E-state index contributed by atoms with van der Waals surface area (Å²) in [6, 6.07) is 10.5. The van der Waals surface area contributed by atoms with Crippen molar-refractivity contribution >= 4 is 11.0 Å². The average Bonchev–Trinajstić information content (AvgIpc) is 2.48. The van der Waals surface area contributed by atoms with Crippen molar-refractivity contribution in [2.45, 2.75) is 63.8 Å². The Kier molecular flexibility index (Phi) is 5.70. The lowest BCUT2D eigenvalue weighted by Crippen LogP contribution is -2.57. The molecule has 1 heterocycles. The summed E-state index contributed by atoms with van der Waals surface area (Å²) in [4.78, 5) is 2.45. The number of hydrogen-bond donors (Lipinski definition) is 1. The molecule has 23 heavy (non-hydrogen) atoms. The minimum Gasteiger partial charge on any atom is -0.299 e. The first kappa shape index (κ1) is 18.6. The molecule has 1 aromatic carbocycles. The summed E-state index contributed by atoms with van der Waals surface area (Å²) in [5.74, 6) is 0.720. The van der Waals surface area contributed by atoms with Crippen LogP contribution in [0.5, 0.6) is 0 Å². The molecule has 1 N–H and O–H groups in total. The summed E-state index contributed by atoms with van der Waals surface area (Å²) in [5.41, 5.74) is 1.18. The molecule has 0 spiro atoms. The molecule has 0 saturated carbocycles. The van der Waals surface area contributed by atoms with E-state index >= 15 is 0 Å². The number of rotatable bonds is 4. The van der Waals surface area contributed by atoms with E-state index in [1.54, 1.807) is 0 Å². The van der Waals surface area contributed by atoms with Crippen LogP contribution in [-0.4, -0.2) is 33.0 Å². The minimum atomic E-state index is -1.10. The van der Waals surface area contributed by atoms with Gasteiger partial charge in [0.05, 0.1) is 21.8 Å². The van der Waals surface area contributed by atoms with Crippen molar-refractivity contribution in [1.29, 1.82) is 0 Å². The monoisotopic (exact) mass is 336 g/mol. The molecular weight excluding hydrogens is 304 g/mol. The van der Waals surface area contributed by atoms with Crippen molar-refractivity contribution in [3.63, 3.8) is 0 Å². The molecule has 1 aliphatic heterocycles. The molecule has 0 bridgehead atoms. The molecule has 1 saturated heterocycles. The second-order valence-electron chi connectivity index (χ2n) is 8.22. The summed E-state index contributed by atoms with van der Waals surface area (Å²) in [6.45, 7) is 11.8. The fourth-order valence-corrected chi connectivity index (χ4v) is 4.30. The molecule has 3 nitrogen and oxygen atoms in total. The molecule has 0 aromatic heterocycles. The van der Waals surface area contributed by atoms with E-state index < -0.39 is 11.0 Å². The second-order valence-corrected chi connectivity index (χ2v) is 10.2. The van der Waals surface area contributed by atoms with E-state index in [0.29, 0.717) is 0 Å². The molecule has 130 valence electrons. The van der Waals surface area contributed by atoms with E-state index in [-0.39, 0.29) is 16.3 Å². The van der Waals surface area contributed by atoms with Crippen LogP contribution in [0.4, 0.5) is 0 Å². The maximum atomic E-state index is 12.8. The number of nitrogens with zero attached hydrogens (tertiary/aromatic N) is 1. The zero-order chi connectivity index (χ0) is 17.3. The first-order valence-corrected chi connectivity index (χ1v) is 9.74. The summed E-state index contributed by atoms with van der Waals surface area (Å²) in [7, 11) is 1.11. The average molecular weight is 337 g/mol. The van der Waals surface area contributed by atoms with Crippen LogP contribution in [0.2, 0.25) is 0 Å². The number of likely N-dealkylation sites (N-methyl/N-ethyl adjacent to an activating group) is 1. The maximum absolute atomic E-state index is 12.8. The Bertz CT molecular complexity index is 540. The van der Waals surface area contributed by atoms with Crippen LogP contribution in [0.15, 0.2) is 30.3 Å². The number of benzene rings is 1. The highest BCUT2D eigenvalue weighted by Gasteiger charge is 2.43. The van der Waals surface area contributed by atoms with Crippen LogP contribution in [0, 0.1) is 5.92 Å². The molecule has 0 radical (unpaired) electrons. The van der Waals surface area contributed by atoms with E-state index in [2.05, 4.69) is 54.8 Å². The van der Waals surface area contributed by atoms with Crippen LogP contribution in [0.3, 0.4) is 0 Å². The number of hydrogen-bond acceptors (Lipinski definition) is 2. The maximum Gasteiger partial charge on any atom is 0.0976 e. The van der Waals surface area contributed by atoms with Crippen molar-refractivity contribution in [2.24, 2.45) is 5.92 Å². The Morgan fingerprint density at radius 1 is 1.30 bits per heavy atom. The third-order valence-electron chi connectivity index (χ3n) is 5.14. The zero-order valence-electron chi connectivity index (χ0n) is 15.4. The Hall–Kier alpha value is -0.710. The molecule has 4 heteroatoms. The molecule has 1 aliphatic rings. The Morgan fingerprint density at radius 2 is 1.91 bits per heavy atom. The van der Waals surface area contributed by atoms with Crippen molar-refractivity contribution in [3.05, 3.63) is 35.9 Å². The summed E-state index contributed by atoms with van der Waals surface area (Å²) in [6.07, 6.45) is 2.33. The largest absolute Gasteiger partial charge is 0.299 e. The highest BCUT2D eigenvalue weighted by Crippen LogP contribution is 2.40. The van der Waals surface area contributed by atoms with E-state index in [4.69, 9.17) is 0 Å². The highest BCUT2D eigenvalue weighted by molar-refractivity contribution is 7.84. The van der Waals surface area contributed by atoms with Crippen LogP contribution in [0.1, 0.15) is 59.1 Å². The van der Waals surface area contributed by atoms with Crippen molar-refractivity contribution in [2.75, 3.05) is 13.6 Å². The third-order valence-corrected chi connectivity index (χ3v) is 6.70. The van der Waals surface area contributed by atoms with Gasteiger partial charge < -0.3 is 0 Å². The summed E-state index contributed by atoms with van der Waals surface area (Å²) >= 11 is 0. The van der Waals surface area contributed by atoms with E-state index in [0.717, 1.165) is 18.9 Å². The molecule has 0 aliphatic carbocycles. The summed E-state index contributed by atoms with van der Waals surface area (Å²) in [5, 5.41) is 0. The summed E-state index contributed by atoms with van der Waals surface area (Å²) < 4.78 is 16.0. The quantitative estimate of drug-likeness (QED) is 0.904. The van der Waals surface area contributed by atoms with Gasteiger partial charge in [-0.2, -0.15) is 0 Å². The van der Waals surface area contributed by atoms with Gasteiger partial charge in [0.1, 0.15) is 0 Å². The van der Waals surface area contributed by atoms with Crippen LogP contribution >= 0.6 is 0 Å². The van der Waals surface area contributed by atoms with Gasteiger partial charge in [0.2, 0.25) is 0 Å². The first-order chi connectivity index (χ1) is 10.6. The first-order valence-electron chi connectivity index (χ1n) is 8.59. The van der Waals surface area contributed by atoms with Gasteiger partial charge in [0.25, 0.3) is 0 Å². The molecule has 2 rings (SSSR count). The SMILES string of the molecule is CC1CCC(C)(C(NS(=O)C(C)(C)C)c2ccccc2)N(C)C1. The Labute approximate surface area is 144 Å². The highest BCUT2D eigenvalue weighted by atomic mass is 32.2. The zero-order valence-corrected chi connectivity index (χ0v) is 16.2. The normalized spacial score (nSPS) is 29.2. The van der Waals surface area contributed by atoms with Crippen molar-refractivity contribution in [1.82, 2.24) is 9.62 Å². The fourth-order valence-electron chi connectivity index (χ4n) is 3.34. The second kappa shape index (κ2) is 7.04. The lowest BCUT2D eigenvalue weighted by atomic mass is 9.77. The smallest absolute Gasteiger partial charge is 0.0976 e. The predicted molar refractivity (Wildman–Crippen MR) is 99.6 cm³/mol. The molecule has 0 amide bonds. The number of piperidine rings is 1. The standard InChI is InChI=1S/C19H32N2OS/c1-15-12-13-19(5,21(6)14-15)17(16-10-8-7-9-11-16)20-23(22)18(2,3)4/h7-11,15,17,20H,12-14H2,1-6H3. The van der Waals surface area contributed by atoms with Crippen molar-refractivity contribution < 1.29 is 4.21 Å². The topological polar surface area (TPSA) is 32.3 Å². The third kappa shape index (κ3) is 4.23. The molecule has 1 fully saturated rings. The van der Waals surface area contributed by atoms with Crippen LogP contribution < -0.4 is 4.72 Å². The van der Waals surface area contributed by atoms with Gasteiger partial charge in [-0.15, -0.1) is 0 Å². The van der Waals surface area contributed by atoms with Crippen LogP contribution in [-0.2, 0) is 11.0 Å². The van der Waals surface area contributed by atoms with E-state index in [1.807, 2.05) is 26.8 Å². The van der Waals surface area contributed by atoms with Crippen molar-refractivity contribution in [3.8, 4) is 0 Å². The minimum absolute atomic E-state index is 0.0330. The van der Waals surface area contributed by atoms with Gasteiger partial charge in [0, 0.05) is 12.1 Å². The van der Waals surface area contributed by atoms with Gasteiger partial charge in [-0.25, -0.2) is 8.93 Å². The number of nitrogens with one attached hydrogen (secondary N) is 1. The lowest BCUT2D eigenvalue weighted by Gasteiger charge is -2.50. The Morgan fingerprint density at radius 3 is 2.43 bits per heavy atom. The lowest BCUT2D eigenvalue weighted by molar-refractivity contribution is 0.0356. The van der Waals surface area contributed by atoms with Gasteiger partial charge >= 0.3 is 0 Å². The van der Waals surface area contributed by atoms with Gasteiger partial charge in [-0.1, -0.05) is 37.3 Å². The van der Waals surface area contributed by atoms with Gasteiger partial charge in [0.15, 0.2) is 0 Å². The molecule has 4 unspecified atom stereocenters. The molecular formula is C19H32N2OS. The fraction of sp³-hybridized carbons (Fsp3) is 0.684. The molecule has 1 aromatic rings. The van der Waals surface area contributed by atoms with Gasteiger partial charge in [-0.05, 0) is 59.1 Å². The van der Waals surface area contributed by atoms with Gasteiger partial charge in [-0.3, -0.25) is 4.90 Å². The molecule has 4 atom stereocenters.